The Bertz CT molecular complexity index is 1120. The quantitative estimate of drug-likeness (QED) is 0.582. The van der Waals surface area contributed by atoms with Gasteiger partial charge in [-0.2, -0.15) is 0 Å². The van der Waals surface area contributed by atoms with Crippen molar-refractivity contribution in [1.82, 2.24) is 14.5 Å². The van der Waals surface area contributed by atoms with Gasteiger partial charge in [-0.1, -0.05) is 24.3 Å². The first-order valence-electron chi connectivity index (χ1n) is 11.0. The predicted molar refractivity (Wildman–Crippen MR) is 125 cm³/mol. The standard InChI is InChI=1S/C26H29N3O3/c1-19-17-28(18-27-19)23-12-10-20(15-25(23)32-2)11-13-26(31)29-14-6-5-8-22(29)16-21-7-3-4-9-24(21)30/h3-4,7,9-13,15,17-18,22,30H,5-6,8,14,16H2,1-2H3. The molecule has 1 amide bonds. The lowest BCUT2D eigenvalue weighted by Gasteiger charge is -2.35. The maximum absolute atomic E-state index is 13.0. The van der Waals surface area contributed by atoms with Crippen LogP contribution in [0.15, 0.2) is 61.1 Å². The van der Waals surface area contributed by atoms with E-state index in [9.17, 15) is 9.90 Å². The third-order valence-corrected chi connectivity index (χ3v) is 5.97. The van der Waals surface area contributed by atoms with E-state index in [0.29, 0.717) is 17.9 Å². The summed E-state index contributed by atoms with van der Waals surface area (Å²) in [5.41, 5.74) is 3.61. The van der Waals surface area contributed by atoms with E-state index < -0.39 is 0 Å². The third-order valence-electron chi connectivity index (χ3n) is 5.97. The van der Waals surface area contributed by atoms with Crippen LogP contribution >= 0.6 is 0 Å². The van der Waals surface area contributed by atoms with E-state index in [0.717, 1.165) is 48.3 Å². The normalized spacial score (nSPS) is 16.4. The lowest BCUT2D eigenvalue weighted by atomic mass is 9.95. The van der Waals surface area contributed by atoms with Crippen molar-refractivity contribution in [1.29, 1.82) is 0 Å². The molecule has 0 aliphatic carbocycles. The highest BCUT2D eigenvalue weighted by atomic mass is 16.5. The number of para-hydroxylation sites is 1. The number of piperidine rings is 1. The number of carbonyl (C=O) groups is 1. The topological polar surface area (TPSA) is 67.6 Å². The van der Waals surface area contributed by atoms with Gasteiger partial charge in [0.05, 0.1) is 24.8 Å². The molecule has 1 unspecified atom stereocenters. The number of phenols is 1. The first-order valence-corrected chi connectivity index (χ1v) is 11.0. The fraction of sp³-hybridized carbons (Fsp3) is 0.308. The van der Waals surface area contributed by atoms with Crippen LogP contribution in [0.3, 0.4) is 0 Å². The molecule has 2 heterocycles. The van der Waals surface area contributed by atoms with Crippen molar-refractivity contribution in [3.63, 3.8) is 0 Å². The smallest absolute Gasteiger partial charge is 0.246 e. The van der Waals surface area contributed by atoms with Crippen LogP contribution in [0.5, 0.6) is 11.5 Å². The number of likely N-dealkylation sites (tertiary alicyclic amines) is 1. The number of rotatable bonds is 6. The molecule has 2 aromatic carbocycles. The Morgan fingerprint density at radius 1 is 1.25 bits per heavy atom. The van der Waals surface area contributed by atoms with E-state index in [1.807, 2.05) is 65.1 Å². The second-order valence-electron chi connectivity index (χ2n) is 8.20. The van der Waals surface area contributed by atoms with Gasteiger partial charge in [-0.3, -0.25) is 4.79 Å². The summed E-state index contributed by atoms with van der Waals surface area (Å²) in [6.07, 6.45) is 10.9. The van der Waals surface area contributed by atoms with Gasteiger partial charge >= 0.3 is 0 Å². The third kappa shape index (κ3) is 4.85. The average molecular weight is 432 g/mol. The molecule has 32 heavy (non-hydrogen) atoms. The van der Waals surface area contributed by atoms with Crippen LogP contribution in [-0.4, -0.2) is 45.2 Å². The number of ether oxygens (including phenoxy) is 1. The maximum atomic E-state index is 13.0. The first-order chi connectivity index (χ1) is 15.5. The van der Waals surface area contributed by atoms with E-state index >= 15 is 0 Å². The highest BCUT2D eigenvalue weighted by Gasteiger charge is 2.26. The van der Waals surface area contributed by atoms with Crippen LogP contribution in [-0.2, 0) is 11.2 Å². The SMILES string of the molecule is COc1cc(C=CC(=O)N2CCCCC2Cc2ccccc2O)ccc1-n1cnc(C)c1. The molecule has 1 aliphatic heterocycles. The van der Waals surface area contributed by atoms with Crippen molar-refractivity contribution in [3.05, 3.63) is 77.9 Å². The van der Waals surface area contributed by atoms with Gasteiger partial charge in [0.1, 0.15) is 11.5 Å². The number of methoxy groups -OCH3 is 1. The molecule has 1 aliphatic rings. The lowest BCUT2D eigenvalue weighted by Crippen LogP contribution is -2.44. The Kier molecular flexibility index (Phi) is 6.59. The fourth-order valence-electron chi connectivity index (χ4n) is 4.27. The number of imidazole rings is 1. The molecule has 0 radical (unpaired) electrons. The molecule has 1 aromatic heterocycles. The van der Waals surface area contributed by atoms with Gasteiger partial charge in [0, 0.05) is 24.9 Å². The molecular weight excluding hydrogens is 402 g/mol. The largest absolute Gasteiger partial charge is 0.508 e. The van der Waals surface area contributed by atoms with Crippen LogP contribution in [0.25, 0.3) is 11.8 Å². The highest BCUT2D eigenvalue weighted by Crippen LogP contribution is 2.27. The number of nitrogens with zero attached hydrogens (tertiary/aromatic N) is 3. The maximum Gasteiger partial charge on any atom is 0.246 e. The molecule has 1 atom stereocenters. The zero-order chi connectivity index (χ0) is 22.5. The summed E-state index contributed by atoms with van der Waals surface area (Å²) in [6.45, 7) is 2.68. The summed E-state index contributed by atoms with van der Waals surface area (Å²) in [7, 11) is 1.64. The summed E-state index contributed by atoms with van der Waals surface area (Å²) < 4.78 is 7.49. The number of aromatic nitrogens is 2. The van der Waals surface area contributed by atoms with E-state index in [2.05, 4.69) is 4.98 Å². The van der Waals surface area contributed by atoms with Crippen molar-refractivity contribution in [2.75, 3.05) is 13.7 Å². The molecule has 0 bridgehead atoms. The van der Waals surface area contributed by atoms with Gasteiger partial charge < -0.3 is 19.3 Å². The monoisotopic (exact) mass is 431 g/mol. The molecule has 1 fully saturated rings. The molecule has 1 N–H and O–H groups in total. The molecule has 6 heteroatoms. The molecule has 4 rings (SSSR count). The number of amides is 1. The van der Waals surface area contributed by atoms with Crippen LogP contribution < -0.4 is 4.74 Å². The molecule has 0 saturated carbocycles. The Morgan fingerprint density at radius 3 is 2.84 bits per heavy atom. The molecular formula is C26H29N3O3. The Balaban J connectivity index is 1.49. The van der Waals surface area contributed by atoms with Gasteiger partial charge in [-0.25, -0.2) is 4.98 Å². The zero-order valence-corrected chi connectivity index (χ0v) is 18.6. The van der Waals surface area contributed by atoms with Gasteiger partial charge in [-0.05, 0) is 68.0 Å². The van der Waals surface area contributed by atoms with Crippen LogP contribution in [0, 0.1) is 6.92 Å². The Hall–Kier alpha value is -3.54. The van der Waals surface area contributed by atoms with Crippen LogP contribution in [0.4, 0.5) is 0 Å². The molecule has 1 saturated heterocycles. The highest BCUT2D eigenvalue weighted by molar-refractivity contribution is 5.92. The van der Waals surface area contributed by atoms with Crippen LogP contribution in [0.1, 0.15) is 36.1 Å². The van der Waals surface area contributed by atoms with E-state index in [1.165, 1.54) is 0 Å². The summed E-state index contributed by atoms with van der Waals surface area (Å²) >= 11 is 0. The predicted octanol–water partition coefficient (Wildman–Crippen LogP) is 4.53. The number of hydrogen-bond acceptors (Lipinski definition) is 4. The number of aromatic hydroxyl groups is 1. The lowest BCUT2D eigenvalue weighted by molar-refractivity contribution is -0.129. The second kappa shape index (κ2) is 9.73. The van der Waals surface area contributed by atoms with Gasteiger partial charge in [0.15, 0.2) is 0 Å². The molecule has 3 aromatic rings. The Morgan fingerprint density at radius 2 is 2.09 bits per heavy atom. The van der Waals surface area contributed by atoms with Crippen molar-refractivity contribution in [3.8, 4) is 17.2 Å². The van der Waals surface area contributed by atoms with Crippen molar-refractivity contribution in [2.45, 2.75) is 38.6 Å². The van der Waals surface area contributed by atoms with E-state index in [4.69, 9.17) is 4.74 Å². The minimum Gasteiger partial charge on any atom is -0.508 e. The Labute approximate surface area is 188 Å². The van der Waals surface area contributed by atoms with Crippen molar-refractivity contribution < 1.29 is 14.6 Å². The van der Waals surface area contributed by atoms with Gasteiger partial charge in [0.2, 0.25) is 5.91 Å². The van der Waals surface area contributed by atoms with Gasteiger partial charge in [0.25, 0.3) is 0 Å². The molecule has 0 spiro atoms. The number of aryl methyl sites for hydroxylation is 1. The van der Waals surface area contributed by atoms with Crippen molar-refractivity contribution >= 4 is 12.0 Å². The zero-order valence-electron chi connectivity index (χ0n) is 18.6. The minimum atomic E-state index is -0.00148. The summed E-state index contributed by atoms with van der Waals surface area (Å²) in [4.78, 5) is 19.2. The summed E-state index contributed by atoms with van der Waals surface area (Å²) in [6, 6.07) is 13.3. The number of benzene rings is 2. The number of hydrogen-bond donors (Lipinski definition) is 1. The minimum absolute atomic E-state index is 0.00148. The van der Waals surface area contributed by atoms with Gasteiger partial charge in [-0.15, -0.1) is 0 Å². The summed E-state index contributed by atoms with van der Waals surface area (Å²) in [5.74, 6) is 1.01. The van der Waals surface area contributed by atoms with E-state index in [1.54, 1.807) is 25.6 Å². The van der Waals surface area contributed by atoms with Crippen molar-refractivity contribution in [2.24, 2.45) is 0 Å². The second-order valence-corrected chi connectivity index (χ2v) is 8.20. The molecule has 6 nitrogen and oxygen atoms in total. The number of carbonyl (C=O) groups excluding carboxylic acids is 1. The number of phenolic OH excluding ortho intramolecular Hbond substituents is 1. The summed E-state index contributed by atoms with van der Waals surface area (Å²) in [5, 5.41) is 10.1. The average Bonchev–Trinajstić information content (AvgIpc) is 3.25. The van der Waals surface area contributed by atoms with Crippen LogP contribution in [0.2, 0.25) is 0 Å². The fourth-order valence-corrected chi connectivity index (χ4v) is 4.27. The van der Waals surface area contributed by atoms with E-state index in [-0.39, 0.29) is 11.9 Å². The first kappa shape index (κ1) is 21.7. The molecule has 166 valence electrons.